The summed E-state index contributed by atoms with van der Waals surface area (Å²) in [6.45, 7) is 2.30. The molecule has 1 saturated heterocycles. The van der Waals surface area contributed by atoms with Crippen molar-refractivity contribution >= 4 is 17.5 Å². The highest BCUT2D eigenvalue weighted by Crippen LogP contribution is 2.48. The first-order chi connectivity index (χ1) is 13.6. The normalized spacial score (nSPS) is 20.9. The Labute approximate surface area is 170 Å². The Morgan fingerprint density at radius 1 is 1.32 bits per heavy atom. The van der Waals surface area contributed by atoms with Crippen LogP contribution in [0, 0.1) is 5.92 Å². The summed E-state index contributed by atoms with van der Waals surface area (Å²) in [7, 11) is 1.70. The van der Waals surface area contributed by atoms with Gasteiger partial charge in [-0.1, -0.05) is 30.2 Å². The number of carbonyl (C=O) groups is 1. The zero-order chi connectivity index (χ0) is 19.6. The number of nitrogens with zero attached hydrogens (tertiary/aromatic N) is 3. The number of amides is 1. The van der Waals surface area contributed by atoms with Crippen molar-refractivity contribution in [3.05, 3.63) is 46.6 Å². The van der Waals surface area contributed by atoms with Crippen LogP contribution in [-0.2, 0) is 21.4 Å². The second kappa shape index (κ2) is 8.21. The van der Waals surface area contributed by atoms with Crippen LogP contribution in [0.15, 0.2) is 28.7 Å². The van der Waals surface area contributed by atoms with Gasteiger partial charge in [-0.05, 0) is 37.0 Å². The van der Waals surface area contributed by atoms with Crippen LogP contribution in [0.25, 0.3) is 0 Å². The maximum absolute atomic E-state index is 12.5. The van der Waals surface area contributed by atoms with Gasteiger partial charge in [-0.2, -0.15) is 0 Å². The molecule has 2 aromatic rings. The number of rotatable bonds is 7. The number of aromatic nitrogens is 2. The van der Waals surface area contributed by atoms with E-state index in [-0.39, 0.29) is 11.3 Å². The molecule has 7 heteroatoms. The number of methoxy groups -OCH3 is 1. The van der Waals surface area contributed by atoms with Crippen LogP contribution in [-0.4, -0.2) is 47.8 Å². The maximum Gasteiger partial charge on any atom is 0.227 e. The molecule has 1 aliphatic carbocycles. The predicted molar refractivity (Wildman–Crippen MR) is 105 cm³/mol. The van der Waals surface area contributed by atoms with Gasteiger partial charge >= 0.3 is 0 Å². The van der Waals surface area contributed by atoms with E-state index in [1.807, 2.05) is 29.2 Å². The second-order valence-electron chi connectivity index (χ2n) is 7.89. The van der Waals surface area contributed by atoms with E-state index in [4.69, 9.17) is 20.8 Å². The standard InChI is InChI=1S/C21H26ClN3O3/c1-27-14-15-9-12-25(13-15)19(26)8-7-18-23-24-20(28-18)21(10-2-11-21)16-3-5-17(22)6-4-16/h3-6,15H,2,7-14H2,1H3/t15-/m0/s1. The number of hydrogen-bond donors (Lipinski definition) is 0. The molecule has 0 spiro atoms. The van der Waals surface area contributed by atoms with Crippen molar-refractivity contribution < 1.29 is 13.9 Å². The summed E-state index contributed by atoms with van der Waals surface area (Å²) in [6.07, 6.45) is 5.00. The molecule has 0 radical (unpaired) electrons. The smallest absolute Gasteiger partial charge is 0.227 e. The summed E-state index contributed by atoms with van der Waals surface area (Å²) in [5, 5.41) is 9.27. The highest BCUT2D eigenvalue weighted by atomic mass is 35.5. The van der Waals surface area contributed by atoms with Crippen LogP contribution in [0.4, 0.5) is 0 Å². The van der Waals surface area contributed by atoms with E-state index in [1.54, 1.807) is 7.11 Å². The van der Waals surface area contributed by atoms with Crippen molar-refractivity contribution in [2.75, 3.05) is 26.8 Å². The minimum atomic E-state index is -0.206. The number of likely N-dealkylation sites (tertiary alicyclic amines) is 1. The van der Waals surface area contributed by atoms with Crippen LogP contribution in [0.5, 0.6) is 0 Å². The molecule has 2 fully saturated rings. The lowest BCUT2D eigenvalue weighted by Gasteiger charge is -2.39. The first-order valence-electron chi connectivity index (χ1n) is 9.96. The Morgan fingerprint density at radius 3 is 2.79 bits per heavy atom. The van der Waals surface area contributed by atoms with E-state index < -0.39 is 0 Å². The Bertz CT molecular complexity index is 817. The monoisotopic (exact) mass is 403 g/mol. The summed E-state index contributed by atoms with van der Waals surface area (Å²) in [6, 6.07) is 7.89. The highest BCUT2D eigenvalue weighted by Gasteiger charge is 2.45. The van der Waals surface area contributed by atoms with E-state index in [0.29, 0.717) is 37.1 Å². The molecule has 1 aromatic heterocycles. The van der Waals surface area contributed by atoms with Gasteiger partial charge in [0.15, 0.2) is 0 Å². The Morgan fingerprint density at radius 2 is 2.11 bits per heavy atom. The van der Waals surface area contributed by atoms with Crippen LogP contribution in [0.2, 0.25) is 5.02 Å². The predicted octanol–water partition coefficient (Wildman–Crippen LogP) is 3.62. The first kappa shape index (κ1) is 19.4. The van der Waals surface area contributed by atoms with E-state index in [9.17, 15) is 4.79 Å². The third-order valence-corrected chi connectivity index (χ3v) is 6.33. The molecule has 1 amide bonds. The van der Waals surface area contributed by atoms with Gasteiger partial charge in [0, 0.05) is 44.0 Å². The van der Waals surface area contributed by atoms with Crippen LogP contribution in [0.1, 0.15) is 49.4 Å². The van der Waals surface area contributed by atoms with E-state index >= 15 is 0 Å². The molecule has 0 unspecified atom stereocenters. The molecule has 4 rings (SSSR count). The third kappa shape index (κ3) is 3.80. The Hall–Kier alpha value is -1.92. The summed E-state index contributed by atoms with van der Waals surface area (Å²) >= 11 is 6.03. The maximum atomic E-state index is 12.5. The largest absolute Gasteiger partial charge is 0.424 e. The van der Waals surface area contributed by atoms with E-state index in [0.717, 1.165) is 49.4 Å². The quantitative estimate of drug-likeness (QED) is 0.706. The van der Waals surface area contributed by atoms with Crippen molar-refractivity contribution in [3.63, 3.8) is 0 Å². The molecule has 6 nitrogen and oxygen atoms in total. The average Bonchev–Trinajstić information content (AvgIpc) is 3.31. The highest BCUT2D eigenvalue weighted by molar-refractivity contribution is 6.30. The second-order valence-corrected chi connectivity index (χ2v) is 8.33. The van der Waals surface area contributed by atoms with Gasteiger partial charge in [0.05, 0.1) is 12.0 Å². The lowest BCUT2D eigenvalue weighted by molar-refractivity contribution is -0.130. The molecule has 0 N–H and O–H groups in total. The summed E-state index contributed by atoms with van der Waals surface area (Å²) in [5.74, 6) is 1.79. The Kier molecular flexibility index (Phi) is 5.69. The zero-order valence-corrected chi connectivity index (χ0v) is 17.0. The van der Waals surface area contributed by atoms with Crippen LogP contribution >= 0.6 is 11.6 Å². The number of hydrogen-bond acceptors (Lipinski definition) is 5. The number of aryl methyl sites for hydroxylation is 1. The lowest BCUT2D eigenvalue weighted by Crippen LogP contribution is -2.35. The minimum Gasteiger partial charge on any atom is -0.424 e. The molecule has 1 saturated carbocycles. The van der Waals surface area contributed by atoms with Crippen LogP contribution in [0.3, 0.4) is 0 Å². The fourth-order valence-corrected chi connectivity index (χ4v) is 4.40. The van der Waals surface area contributed by atoms with Crippen molar-refractivity contribution in [1.82, 2.24) is 15.1 Å². The third-order valence-electron chi connectivity index (χ3n) is 6.07. The fourth-order valence-electron chi connectivity index (χ4n) is 4.28. The number of carbonyl (C=O) groups excluding carboxylic acids is 1. The van der Waals surface area contributed by atoms with Crippen molar-refractivity contribution in [3.8, 4) is 0 Å². The molecular weight excluding hydrogens is 378 g/mol. The minimum absolute atomic E-state index is 0.148. The molecule has 150 valence electrons. The summed E-state index contributed by atoms with van der Waals surface area (Å²) in [4.78, 5) is 14.4. The average molecular weight is 404 g/mol. The topological polar surface area (TPSA) is 68.5 Å². The molecule has 1 aliphatic heterocycles. The van der Waals surface area contributed by atoms with Crippen molar-refractivity contribution in [1.29, 1.82) is 0 Å². The van der Waals surface area contributed by atoms with Crippen LogP contribution < -0.4 is 0 Å². The molecular formula is C21H26ClN3O3. The zero-order valence-electron chi connectivity index (χ0n) is 16.2. The first-order valence-corrected chi connectivity index (χ1v) is 10.3. The summed E-state index contributed by atoms with van der Waals surface area (Å²) in [5.41, 5.74) is 0.956. The number of halogens is 1. The van der Waals surface area contributed by atoms with E-state index in [1.165, 1.54) is 0 Å². The number of ether oxygens (including phenoxy) is 1. The van der Waals surface area contributed by atoms with Gasteiger partial charge in [-0.25, -0.2) is 0 Å². The van der Waals surface area contributed by atoms with E-state index in [2.05, 4.69) is 10.2 Å². The fraction of sp³-hybridized carbons (Fsp3) is 0.571. The molecule has 1 aromatic carbocycles. The Balaban J connectivity index is 1.38. The number of benzene rings is 1. The van der Waals surface area contributed by atoms with Gasteiger partial charge < -0.3 is 14.1 Å². The SMILES string of the molecule is COC[C@H]1CCN(C(=O)CCc2nnc(C3(c4ccc(Cl)cc4)CCC3)o2)C1. The molecule has 1 atom stereocenters. The molecule has 2 aliphatic rings. The van der Waals surface area contributed by atoms with Crippen molar-refractivity contribution in [2.24, 2.45) is 5.92 Å². The van der Waals surface area contributed by atoms with Gasteiger partial charge in [-0.15, -0.1) is 10.2 Å². The van der Waals surface area contributed by atoms with Crippen molar-refractivity contribution in [2.45, 2.75) is 43.9 Å². The van der Waals surface area contributed by atoms with Gasteiger partial charge in [0.25, 0.3) is 0 Å². The lowest BCUT2D eigenvalue weighted by atomic mass is 9.64. The molecule has 0 bridgehead atoms. The molecule has 28 heavy (non-hydrogen) atoms. The summed E-state index contributed by atoms with van der Waals surface area (Å²) < 4.78 is 11.2. The van der Waals surface area contributed by atoms with Gasteiger partial charge in [-0.3, -0.25) is 4.79 Å². The van der Waals surface area contributed by atoms with Gasteiger partial charge in [0.2, 0.25) is 17.7 Å². The van der Waals surface area contributed by atoms with Gasteiger partial charge in [0.1, 0.15) is 0 Å². The molecule has 2 heterocycles.